The van der Waals surface area contributed by atoms with Crippen LogP contribution in [-0.2, 0) is 0 Å². The van der Waals surface area contributed by atoms with Crippen molar-refractivity contribution in [3.05, 3.63) is 54.4 Å². The highest BCUT2D eigenvalue weighted by atomic mass is 16.3. The number of fused-ring (bicyclic) bond motifs is 2. The van der Waals surface area contributed by atoms with Crippen molar-refractivity contribution in [2.24, 2.45) is 0 Å². The van der Waals surface area contributed by atoms with Crippen molar-refractivity contribution in [1.29, 1.82) is 0 Å². The minimum atomic E-state index is 0.304. The summed E-state index contributed by atoms with van der Waals surface area (Å²) in [7, 11) is 2.22. The molecule has 9 heteroatoms. The summed E-state index contributed by atoms with van der Waals surface area (Å²) in [5.41, 5.74) is 12.8. The molecule has 3 aromatic heterocycles. The fourth-order valence-corrected chi connectivity index (χ4v) is 6.35. The molecule has 1 aliphatic heterocycles. The van der Waals surface area contributed by atoms with E-state index in [9.17, 15) is 0 Å². The predicted molar refractivity (Wildman–Crippen MR) is 153 cm³/mol. The average Bonchev–Trinajstić information content (AvgIpc) is 3.57. The molecule has 1 saturated heterocycles. The molecule has 7 rings (SSSR count). The lowest BCUT2D eigenvalue weighted by Crippen LogP contribution is -2.49. The SMILES string of the molecule is Cc1cc(-c2nc3ccccc3o2)ccc1-c1nn([C@H]2CC[C@H](N3CCN(C)CC3)CC2)c2ncnc(N)c12. The number of nitrogens with two attached hydrogens (primary N) is 1. The van der Waals surface area contributed by atoms with Crippen LogP contribution in [0.4, 0.5) is 5.82 Å². The number of nitrogen functional groups attached to an aromatic ring is 1. The molecular weight excluding hydrogens is 488 g/mol. The molecule has 0 atom stereocenters. The molecule has 2 aliphatic rings. The van der Waals surface area contributed by atoms with E-state index in [4.69, 9.17) is 15.2 Å². The van der Waals surface area contributed by atoms with Crippen molar-refractivity contribution < 1.29 is 4.42 Å². The maximum atomic E-state index is 6.44. The Bertz CT molecular complexity index is 1610. The zero-order valence-electron chi connectivity index (χ0n) is 22.5. The van der Waals surface area contributed by atoms with E-state index in [1.165, 1.54) is 25.9 Å². The Hall–Kier alpha value is -3.82. The van der Waals surface area contributed by atoms with Crippen molar-refractivity contribution in [3.8, 4) is 22.7 Å². The Kier molecular flexibility index (Phi) is 6.05. The van der Waals surface area contributed by atoms with Gasteiger partial charge in [0.15, 0.2) is 11.2 Å². The van der Waals surface area contributed by atoms with Crippen LogP contribution in [0.25, 0.3) is 44.8 Å². The second-order valence-corrected chi connectivity index (χ2v) is 11.1. The number of aryl methyl sites for hydroxylation is 1. The molecule has 0 amide bonds. The zero-order chi connectivity index (χ0) is 26.5. The van der Waals surface area contributed by atoms with Crippen LogP contribution in [0.15, 0.2) is 53.2 Å². The van der Waals surface area contributed by atoms with Crippen LogP contribution in [0, 0.1) is 6.92 Å². The van der Waals surface area contributed by atoms with Gasteiger partial charge in [0, 0.05) is 43.3 Å². The highest BCUT2D eigenvalue weighted by Crippen LogP contribution is 2.38. The first-order chi connectivity index (χ1) is 19.0. The fraction of sp³-hybridized carbons (Fsp3) is 0.400. The number of para-hydroxylation sites is 2. The van der Waals surface area contributed by atoms with Crippen LogP contribution in [0.1, 0.15) is 37.3 Å². The van der Waals surface area contributed by atoms with Gasteiger partial charge in [0.25, 0.3) is 0 Å². The molecule has 1 aliphatic carbocycles. The van der Waals surface area contributed by atoms with Crippen LogP contribution in [0.5, 0.6) is 0 Å². The molecule has 4 heterocycles. The Morgan fingerprint density at radius 2 is 1.69 bits per heavy atom. The van der Waals surface area contributed by atoms with Gasteiger partial charge < -0.3 is 15.1 Å². The van der Waals surface area contributed by atoms with Gasteiger partial charge in [-0.1, -0.05) is 18.2 Å². The number of aromatic nitrogens is 5. The van der Waals surface area contributed by atoms with E-state index in [1.807, 2.05) is 30.3 Å². The van der Waals surface area contributed by atoms with Crippen LogP contribution in [0.2, 0.25) is 0 Å². The van der Waals surface area contributed by atoms with Crippen molar-refractivity contribution >= 4 is 28.0 Å². The summed E-state index contributed by atoms with van der Waals surface area (Å²) in [5.74, 6) is 1.08. The highest BCUT2D eigenvalue weighted by molar-refractivity contribution is 5.99. The van der Waals surface area contributed by atoms with Gasteiger partial charge in [-0.05, 0) is 69.5 Å². The van der Waals surface area contributed by atoms with Crippen molar-refractivity contribution in [3.63, 3.8) is 0 Å². The van der Waals surface area contributed by atoms with Gasteiger partial charge in [-0.3, -0.25) is 4.90 Å². The molecule has 0 bridgehead atoms. The number of piperazine rings is 1. The van der Waals surface area contributed by atoms with Gasteiger partial charge in [-0.15, -0.1) is 0 Å². The van der Waals surface area contributed by atoms with Crippen molar-refractivity contribution in [2.45, 2.75) is 44.7 Å². The normalized spacial score (nSPS) is 21.2. The fourth-order valence-electron chi connectivity index (χ4n) is 6.35. The Labute approximate surface area is 227 Å². The van der Waals surface area contributed by atoms with Crippen molar-refractivity contribution in [2.75, 3.05) is 39.0 Å². The number of nitrogens with zero attached hydrogens (tertiary/aromatic N) is 7. The lowest BCUT2D eigenvalue weighted by Gasteiger charge is -2.41. The molecular formula is C30H34N8O. The van der Waals surface area contributed by atoms with Crippen LogP contribution < -0.4 is 5.73 Å². The van der Waals surface area contributed by atoms with Gasteiger partial charge >= 0.3 is 0 Å². The summed E-state index contributed by atoms with van der Waals surface area (Å²) in [6, 6.07) is 15.0. The minimum Gasteiger partial charge on any atom is -0.436 e. The van der Waals surface area contributed by atoms with E-state index in [2.05, 4.69) is 55.5 Å². The second-order valence-electron chi connectivity index (χ2n) is 11.1. The molecule has 2 fully saturated rings. The smallest absolute Gasteiger partial charge is 0.227 e. The molecule has 2 N–H and O–H groups in total. The molecule has 9 nitrogen and oxygen atoms in total. The minimum absolute atomic E-state index is 0.304. The van der Waals surface area contributed by atoms with Gasteiger partial charge in [0.2, 0.25) is 5.89 Å². The Morgan fingerprint density at radius 3 is 2.46 bits per heavy atom. The lowest BCUT2D eigenvalue weighted by molar-refractivity contribution is 0.0815. The first kappa shape index (κ1) is 24.2. The van der Waals surface area contributed by atoms with Gasteiger partial charge in [0.1, 0.15) is 23.4 Å². The van der Waals surface area contributed by atoms with E-state index in [0.717, 1.165) is 70.4 Å². The quantitative estimate of drug-likeness (QED) is 0.355. The molecule has 39 heavy (non-hydrogen) atoms. The molecule has 2 aromatic carbocycles. The predicted octanol–water partition coefficient (Wildman–Crippen LogP) is 4.92. The molecule has 1 saturated carbocycles. The summed E-state index contributed by atoms with van der Waals surface area (Å²) in [5, 5.41) is 5.99. The van der Waals surface area contributed by atoms with E-state index in [-0.39, 0.29) is 0 Å². The second kappa shape index (κ2) is 9.73. The molecule has 0 radical (unpaired) electrons. The number of anilines is 1. The third-order valence-corrected chi connectivity index (χ3v) is 8.61. The number of oxazole rings is 1. The van der Waals surface area contributed by atoms with E-state index >= 15 is 0 Å². The van der Waals surface area contributed by atoms with Gasteiger partial charge in [-0.2, -0.15) is 5.10 Å². The number of benzene rings is 2. The first-order valence-electron chi connectivity index (χ1n) is 13.9. The van der Waals surface area contributed by atoms with E-state index < -0.39 is 0 Å². The summed E-state index contributed by atoms with van der Waals surface area (Å²) in [6.45, 7) is 6.75. The summed E-state index contributed by atoms with van der Waals surface area (Å²) in [6.07, 6.45) is 6.10. The Morgan fingerprint density at radius 1 is 0.923 bits per heavy atom. The third-order valence-electron chi connectivity index (χ3n) is 8.61. The van der Waals surface area contributed by atoms with E-state index in [0.29, 0.717) is 23.8 Å². The lowest BCUT2D eigenvalue weighted by atomic mass is 9.90. The number of hydrogen-bond acceptors (Lipinski definition) is 8. The number of hydrogen-bond donors (Lipinski definition) is 1. The van der Waals surface area contributed by atoms with Crippen LogP contribution in [-0.4, -0.2) is 73.8 Å². The summed E-state index contributed by atoms with van der Waals surface area (Å²) in [4.78, 5) is 18.8. The Balaban J connectivity index is 1.19. The average molecular weight is 523 g/mol. The third kappa shape index (κ3) is 4.35. The topological polar surface area (TPSA) is 102 Å². The monoisotopic (exact) mass is 522 g/mol. The zero-order valence-corrected chi connectivity index (χ0v) is 22.5. The largest absolute Gasteiger partial charge is 0.436 e. The van der Waals surface area contributed by atoms with Crippen LogP contribution >= 0.6 is 0 Å². The molecule has 200 valence electrons. The maximum Gasteiger partial charge on any atom is 0.227 e. The molecule has 0 spiro atoms. The van der Waals surface area contributed by atoms with Crippen LogP contribution in [0.3, 0.4) is 0 Å². The molecule has 0 unspecified atom stereocenters. The first-order valence-corrected chi connectivity index (χ1v) is 13.9. The summed E-state index contributed by atoms with van der Waals surface area (Å²) >= 11 is 0. The standard InChI is InChI=1S/C30H34N8O/c1-19-17-20(30-34-24-5-3-4-6-25(24)39-30)7-12-23(19)27-26-28(31)32-18-33-29(26)38(35-27)22-10-8-21(9-11-22)37-15-13-36(2)14-16-37/h3-7,12,17-18,21-22H,8-11,13-16H2,1-2H3,(H2,31,32,33)/t21-,22-. The summed E-state index contributed by atoms with van der Waals surface area (Å²) < 4.78 is 8.13. The van der Waals surface area contributed by atoms with Gasteiger partial charge in [0.05, 0.1) is 11.4 Å². The number of rotatable bonds is 4. The van der Waals surface area contributed by atoms with E-state index in [1.54, 1.807) is 6.33 Å². The number of likely N-dealkylation sites (N-methyl/N-ethyl adjacent to an activating group) is 1. The highest BCUT2D eigenvalue weighted by Gasteiger charge is 2.31. The molecule has 5 aromatic rings. The maximum absolute atomic E-state index is 6.44. The van der Waals surface area contributed by atoms with Crippen molar-refractivity contribution in [1.82, 2.24) is 34.5 Å². The van der Waals surface area contributed by atoms with Gasteiger partial charge in [-0.25, -0.2) is 19.6 Å².